The summed E-state index contributed by atoms with van der Waals surface area (Å²) in [6, 6.07) is 25.7. The monoisotopic (exact) mass is 356 g/mol. The van der Waals surface area contributed by atoms with Gasteiger partial charge in [0.2, 0.25) is 0 Å². The molecule has 0 fully saturated rings. The lowest BCUT2D eigenvalue weighted by atomic mass is 9.98. The van der Waals surface area contributed by atoms with Crippen LogP contribution >= 0.6 is 0 Å². The first-order valence-electron chi connectivity index (χ1n) is 9.77. The Labute approximate surface area is 163 Å². The van der Waals surface area contributed by atoms with E-state index in [4.69, 9.17) is 4.74 Å². The summed E-state index contributed by atoms with van der Waals surface area (Å²) < 4.78 is 5.80. The van der Waals surface area contributed by atoms with Gasteiger partial charge in [-0.1, -0.05) is 92.6 Å². The minimum absolute atomic E-state index is 0.798. The zero-order chi connectivity index (χ0) is 19.1. The zero-order valence-electron chi connectivity index (χ0n) is 16.4. The van der Waals surface area contributed by atoms with Gasteiger partial charge < -0.3 is 4.74 Å². The lowest BCUT2D eigenvalue weighted by Crippen LogP contribution is -1.96. The minimum atomic E-state index is 0.798. The van der Waals surface area contributed by atoms with Crippen LogP contribution in [0.25, 0.3) is 27.8 Å². The van der Waals surface area contributed by atoms with Gasteiger partial charge in [0.05, 0.1) is 6.61 Å². The Hall–Kier alpha value is -2.80. The van der Waals surface area contributed by atoms with Gasteiger partial charge in [0, 0.05) is 0 Å². The van der Waals surface area contributed by atoms with Crippen LogP contribution in [0.15, 0.2) is 79.4 Å². The molecule has 0 unspecified atom stereocenters. The first-order valence-corrected chi connectivity index (χ1v) is 9.77. The summed E-state index contributed by atoms with van der Waals surface area (Å²) in [5.74, 6) is 0.948. The summed E-state index contributed by atoms with van der Waals surface area (Å²) in [7, 11) is 0. The molecule has 0 spiro atoms. The highest BCUT2D eigenvalue weighted by Gasteiger charge is 2.02. The van der Waals surface area contributed by atoms with Gasteiger partial charge in [0.1, 0.15) is 5.75 Å². The van der Waals surface area contributed by atoms with E-state index in [1.165, 1.54) is 40.7 Å². The van der Waals surface area contributed by atoms with Crippen LogP contribution in [0.2, 0.25) is 0 Å². The largest absolute Gasteiger partial charge is 0.494 e. The fourth-order valence-electron chi connectivity index (χ4n) is 3.09. The number of benzene rings is 3. The Bertz CT molecular complexity index is 856. The van der Waals surface area contributed by atoms with Gasteiger partial charge >= 0.3 is 0 Å². The van der Waals surface area contributed by atoms with Gasteiger partial charge in [-0.05, 0) is 53.3 Å². The van der Waals surface area contributed by atoms with Gasteiger partial charge in [-0.3, -0.25) is 0 Å². The molecule has 0 aliphatic heterocycles. The fourth-order valence-corrected chi connectivity index (χ4v) is 3.09. The molecule has 0 aromatic heterocycles. The SMILES string of the molecule is C=C(C)c1ccc(-c2ccc(-c3ccc(OCCCCC)cc3)cc2)cc1. The average molecular weight is 357 g/mol. The zero-order valence-corrected chi connectivity index (χ0v) is 16.4. The molecule has 138 valence electrons. The van der Waals surface area contributed by atoms with Crippen molar-refractivity contribution in [3.05, 3.63) is 84.9 Å². The van der Waals surface area contributed by atoms with Gasteiger partial charge in [0.15, 0.2) is 0 Å². The lowest BCUT2D eigenvalue weighted by Gasteiger charge is -2.08. The normalized spacial score (nSPS) is 10.6. The van der Waals surface area contributed by atoms with Crippen LogP contribution in [0.5, 0.6) is 5.75 Å². The molecule has 1 heteroatoms. The van der Waals surface area contributed by atoms with Gasteiger partial charge in [-0.2, -0.15) is 0 Å². The summed E-state index contributed by atoms with van der Waals surface area (Å²) in [4.78, 5) is 0. The van der Waals surface area contributed by atoms with Crippen molar-refractivity contribution in [2.75, 3.05) is 6.61 Å². The quantitative estimate of drug-likeness (QED) is 0.377. The summed E-state index contributed by atoms with van der Waals surface area (Å²) in [5, 5.41) is 0. The number of rotatable bonds is 8. The molecule has 0 bridgehead atoms. The van der Waals surface area contributed by atoms with Crippen molar-refractivity contribution in [1.82, 2.24) is 0 Å². The number of hydrogen-bond acceptors (Lipinski definition) is 1. The third-order valence-corrected chi connectivity index (χ3v) is 4.80. The summed E-state index contributed by atoms with van der Waals surface area (Å²) in [5.41, 5.74) is 7.15. The lowest BCUT2D eigenvalue weighted by molar-refractivity contribution is 0.306. The fraction of sp³-hybridized carbons (Fsp3) is 0.231. The predicted molar refractivity (Wildman–Crippen MR) is 117 cm³/mol. The number of ether oxygens (including phenoxy) is 1. The van der Waals surface area contributed by atoms with E-state index < -0.39 is 0 Å². The van der Waals surface area contributed by atoms with Crippen molar-refractivity contribution < 1.29 is 4.74 Å². The summed E-state index contributed by atoms with van der Waals surface area (Å²) in [6.07, 6.45) is 3.56. The molecule has 0 atom stereocenters. The van der Waals surface area contributed by atoms with E-state index in [-0.39, 0.29) is 0 Å². The highest BCUT2D eigenvalue weighted by Crippen LogP contribution is 2.27. The number of unbranched alkanes of at least 4 members (excludes halogenated alkanes) is 2. The van der Waals surface area contributed by atoms with Crippen LogP contribution in [0.3, 0.4) is 0 Å². The highest BCUT2D eigenvalue weighted by atomic mass is 16.5. The molecule has 1 nitrogen and oxygen atoms in total. The molecule has 3 aromatic carbocycles. The Balaban J connectivity index is 1.67. The summed E-state index contributed by atoms with van der Waals surface area (Å²) >= 11 is 0. The van der Waals surface area contributed by atoms with Gasteiger partial charge in [-0.15, -0.1) is 0 Å². The van der Waals surface area contributed by atoms with Crippen LogP contribution in [-0.4, -0.2) is 6.61 Å². The average Bonchev–Trinajstić information content (AvgIpc) is 2.72. The first kappa shape index (κ1) is 19.0. The van der Waals surface area contributed by atoms with Gasteiger partial charge in [-0.25, -0.2) is 0 Å². The predicted octanol–water partition coefficient (Wildman–Crippen LogP) is 7.62. The van der Waals surface area contributed by atoms with Crippen LogP contribution < -0.4 is 4.74 Å². The molecular formula is C26H28O. The van der Waals surface area contributed by atoms with Crippen LogP contribution in [0.1, 0.15) is 38.7 Å². The van der Waals surface area contributed by atoms with E-state index in [1.807, 2.05) is 6.92 Å². The Morgan fingerprint density at radius 1 is 0.704 bits per heavy atom. The van der Waals surface area contributed by atoms with E-state index in [0.717, 1.165) is 24.4 Å². The Morgan fingerprint density at radius 2 is 1.15 bits per heavy atom. The molecule has 0 saturated carbocycles. The number of hydrogen-bond donors (Lipinski definition) is 0. The molecule has 0 amide bonds. The highest BCUT2D eigenvalue weighted by molar-refractivity contribution is 5.72. The molecule has 0 aliphatic rings. The van der Waals surface area contributed by atoms with E-state index in [9.17, 15) is 0 Å². The molecule has 3 aromatic rings. The maximum absolute atomic E-state index is 5.80. The summed E-state index contributed by atoms with van der Waals surface area (Å²) in [6.45, 7) is 9.03. The molecule has 0 saturated heterocycles. The third-order valence-electron chi connectivity index (χ3n) is 4.80. The smallest absolute Gasteiger partial charge is 0.119 e. The van der Waals surface area contributed by atoms with E-state index >= 15 is 0 Å². The van der Waals surface area contributed by atoms with E-state index in [1.54, 1.807) is 0 Å². The molecule has 0 aliphatic carbocycles. The van der Waals surface area contributed by atoms with Gasteiger partial charge in [0.25, 0.3) is 0 Å². The minimum Gasteiger partial charge on any atom is -0.494 e. The Kier molecular flexibility index (Phi) is 6.49. The molecular weight excluding hydrogens is 328 g/mol. The van der Waals surface area contributed by atoms with E-state index in [2.05, 4.69) is 86.3 Å². The number of allylic oxidation sites excluding steroid dienone is 1. The van der Waals surface area contributed by atoms with Crippen molar-refractivity contribution in [3.8, 4) is 28.0 Å². The van der Waals surface area contributed by atoms with Crippen molar-refractivity contribution in [3.63, 3.8) is 0 Å². The molecule has 0 N–H and O–H groups in total. The molecule has 27 heavy (non-hydrogen) atoms. The van der Waals surface area contributed by atoms with Crippen LogP contribution in [0.4, 0.5) is 0 Å². The van der Waals surface area contributed by atoms with Crippen molar-refractivity contribution in [2.45, 2.75) is 33.1 Å². The van der Waals surface area contributed by atoms with Crippen molar-refractivity contribution >= 4 is 5.57 Å². The second-order valence-electron chi connectivity index (χ2n) is 7.01. The second kappa shape index (κ2) is 9.23. The second-order valence-corrected chi connectivity index (χ2v) is 7.01. The third kappa shape index (κ3) is 5.10. The standard InChI is InChI=1S/C26H28O/c1-4-5-6-19-27-26-17-15-25(16-18-26)24-13-11-23(12-14-24)22-9-7-21(8-10-22)20(2)3/h7-18H,2,4-6,19H2,1,3H3. The maximum atomic E-state index is 5.80. The first-order chi connectivity index (χ1) is 13.2. The van der Waals surface area contributed by atoms with E-state index in [0.29, 0.717) is 0 Å². The van der Waals surface area contributed by atoms with Crippen LogP contribution in [0, 0.1) is 0 Å². The Morgan fingerprint density at radius 3 is 1.59 bits per heavy atom. The molecule has 3 rings (SSSR count). The maximum Gasteiger partial charge on any atom is 0.119 e. The van der Waals surface area contributed by atoms with Crippen molar-refractivity contribution in [1.29, 1.82) is 0 Å². The van der Waals surface area contributed by atoms with Crippen LogP contribution in [-0.2, 0) is 0 Å². The topological polar surface area (TPSA) is 9.23 Å². The molecule has 0 heterocycles. The van der Waals surface area contributed by atoms with Crippen molar-refractivity contribution in [2.24, 2.45) is 0 Å². The molecule has 0 radical (unpaired) electrons.